The van der Waals surface area contributed by atoms with Gasteiger partial charge in [0.15, 0.2) is 0 Å². The maximum Gasteiger partial charge on any atom is 0.416 e. The van der Waals surface area contributed by atoms with Gasteiger partial charge in [-0.3, -0.25) is 14.9 Å². The standard InChI is InChI=1S/C16H19ClF3N3O2/c1-2-3-11-7-15(25)23(9-21-11)8-14(24)22-13-6-10(16(18,19)20)4-5-12(13)17/h4-6,11,21H,2-3,7-9H2,1H3,(H,22,24). The first-order chi connectivity index (χ1) is 11.7. The third-order valence-electron chi connectivity index (χ3n) is 3.88. The van der Waals surface area contributed by atoms with Crippen molar-refractivity contribution >= 4 is 29.1 Å². The van der Waals surface area contributed by atoms with Gasteiger partial charge < -0.3 is 10.2 Å². The molecule has 0 saturated carbocycles. The highest BCUT2D eigenvalue weighted by molar-refractivity contribution is 6.33. The van der Waals surface area contributed by atoms with Gasteiger partial charge in [-0.1, -0.05) is 24.9 Å². The van der Waals surface area contributed by atoms with Crippen LogP contribution in [0.4, 0.5) is 18.9 Å². The number of benzene rings is 1. The van der Waals surface area contributed by atoms with Crippen LogP contribution >= 0.6 is 11.6 Å². The summed E-state index contributed by atoms with van der Waals surface area (Å²) in [5.74, 6) is -0.771. The Hall–Kier alpha value is -1.80. The Labute approximate surface area is 148 Å². The number of anilines is 1. The van der Waals surface area contributed by atoms with Gasteiger partial charge in [0.1, 0.15) is 6.54 Å². The summed E-state index contributed by atoms with van der Waals surface area (Å²) >= 11 is 5.84. The molecule has 25 heavy (non-hydrogen) atoms. The molecule has 0 aromatic heterocycles. The fourth-order valence-electron chi connectivity index (χ4n) is 2.60. The summed E-state index contributed by atoms with van der Waals surface area (Å²) in [6, 6.07) is 2.77. The number of carbonyl (C=O) groups excluding carboxylic acids is 2. The number of alkyl halides is 3. The van der Waals surface area contributed by atoms with Crippen LogP contribution in [0, 0.1) is 0 Å². The quantitative estimate of drug-likeness (QED) is 0.828. The normalized spacial score (nSPS) is 18.4. The lowest BCUT2D eigenvalue weighted by Gasteiger charge is -2.32. The topological polar surface area (TPSA) is 61.4 Å². The van der Waals surface area contributed by atoms with Gasteiger partial charge in [0.25, 0.3) is 0 Å². The number of hydrogen-bond acceptors (Lipinski definition) is 3. The average molecular weight is 378 g/mol. The molecule has 0 spiro atoms. The van der Waals surface area contributed by atoms with Crippen molar-refractivity contribution in [3.8, 4) is 0 Å². The second-order valence-corrected chi connectivity index (χ2v) is 6.29. The van der Waals surface area contributed by atoms with Gasteiger partial charge in [-0.15, -0.1) is 0 Å². The zero-order valence-corrected chi connectivity index (χ0v) is 14.4. The first-order valence-electron chi connectivity index (χ1n) is 7.88. The lowest BCUT2D eigenvalue weighted by Crippen LogP contribution is -2.52. The van der Waals surface area contributed by atoms with Crippen molar-refractivity contribution in [3.63, 3.8) is 0 Å². The minimum atomic E-state index is -4.54. The van der Waals surface area contributed by atoms with Crippen molar-refractivity contribution in [1.29, 1.82) is 0 Å². The van der Waals surface area contributed by atoms with Crippen LogP contribution in [0.15, 0.2) is 18.2 Å². The molecule has 2 rings (SSSR count). The Morgan fingerprint density at radius 3 is 2.76 bits per heavy atom. The molecule has 9 heteroatoms. The molecule has 2 amide bonds. The van der Waals surface area contributed by atoms with Crippen molar-refractivity contribution < 1.29 is 22.8 Å². The van der Waals surface area contributed by atoms with E-state index in [4.69, 9.17) is 11.6 Å². The SMILES string of the molecule is CCCC1CC(=O)N(CC(=O)Nc2cc(C(F)(F)F)ccc2Cl)CN1. The van der Waals surface area contributed by atoms with Crippen LogP contribution in [0.5, 0.6) is 0 Å². The minimum absolute atomic E-state index is 0.00699. The number of nitrogens with zero attached hydrogens (tertiary/aromatic N) is 1. The predicted octanol–water partition coefficient (Wildman–Crippen LogP) is 3.25. The second kappa shape index (κ2) is 8.05. The van der Waals surface area contributed by atoms with E-state index in [0.717, 1.165) is 31.0 Å². The molecule has 5 nitrogen and oxygen atoms in total. The molecule has 1 aliphatic rings. The van der Waals surface area contributed by atoms with Gasteiger partial charge in [0.2, 0.25) is 11.8 Å². The van der Waals surface area contributed by atoms with Crippen LogP contribution in [-0.2, 0) is 15.8 Å². The summed E-state index contributed by atoms with van der Waals surface area (Å²) in [4.78, 5) is 25.4. The second-order valence-electron chi connectivity index (χ2n) is 5.88. The molecule has 1 atom stereocenters. The highest BCUT2D eigenvalue weighted by Crippen LogP contribution is 2.33. The number of hydrogen-bond donors (Lipinski definition) is 2. The van der Waals surface area contributed by atoms with Gasteiger partial charge in [-0.2, -0.15) is 13.2 Å². The lowest BCUT2D eigenvalue weighted by molar-refractivity contribution is -0.138. The third-order valence-corrected chi connectivity index (χ3v) is 4.21. The lowest BCUT2D eigenvalue weighted by atomic mass is 10.1. The molecule has 2 N–H and O–H groups in total. The van der Waals surface area contributed by atoms with Gasteiger partial charge in [0, 0.05) is 12.5 Å². The van der Waals surface area contributed by atoms with E-state index < -0.39 is 17.6 Å². The highest BCUT2D eigenvalue weighted by Gasteiger charge is 2.31. The summed E-state index contributed by atoms with van der Waals surface area (Å²) in [6.45, 7) is 2.00. The van der Waals surface area contributed by atoms with E-state index in [-0.39, 0.29) is 35.9 Å². The maximum absolute atomic E-state index is 12.7. The fraction of sp³-hybridized carbons (Fsp3) is 0.500. The number of rotatable bonds is 5. The Balaban J connectivity index is 1.98. The number of nitrogens with one attached hydrogen (secondary N) is 2. The molecule has 1 aromatic carbocycles. The summed E-state index contributed by atoms with van der Waals surface area (Å²) in [5, 5.41) is 5.49. The zero-order valence-electron chi connectivity index (χ0n) is 13.6. The molecule has 1 aliphatic heterocycles. The van der Waals surface area contributed by atoms with E-state index in [0.29, 0.717) is 6.42 Å². The van der Waals surface area contributed by atoms with Crippen LogP contribution in [0.1, 0.15) is 31.7 Å². The molecule has 0 bridgehead atoms. The van der Waals surface area contributed by atoms with E-state index in [9.17, 15) is 22.8 Å². The smallest absolute Gasteiger partial charge is 0.323 e. The Bertz CT molecular complexity index is 652. The van der Waals surface area contributed by atoms with Crippen molar-refractivity contribution in [2.75, 3.05) is 18.5 Å². The molecular formula is C16H19ClF3N3O2. The van der Waals surface area contributed by atoms with E-state index in [1.54, 1.807) is 0 Å². The van der Waals surface area contributed by atoms with Gasteiger partial charge in [0.05, 0.1) is 22.9 Å². The largest absolute Gasteiger partial charge is 0.416 e. The summed E-state index contributed by atoms with van der Waals surface area (Å²) in [7, 11) is 0. The van der Waals surface area contributed by atoms with Crippen molar-refractivity contribution in [1.82, 2.24) is 10.2 Å². The molecule has 0 aliphatic carbocycles. The van der Waals surface area contributed by atoms with Gasteiger partial charge in [-0.25, -0.2) is 0 Å². The molecule has 138 valence electrons. The van der Waals surface area contributed by atoms with Crippen LogP contribution in [0.25, 0.3) is 0 Å². The number of amides is 2. The predicted molar refractivity (Wildman–Crippen MR) is 88.1 cm³/mol. The first-order valence-corrected chi connectivity index (χ1v) is 8.26. The molecule has 0 radical (unpaired) electrons. The average Bonchev–Trinajstić information content (AvgIpc) is 2.51. The molecule has 1 heterocycles. The molecular weight excluding hydrogens is 359 g/mol. The van der Waals surface area contributed by atoms with Crippen molar-refractivity contribution in [3.05, 3.63) is 28.8 Å². The first kappa shape index (κ1) is 19.5. The minimum Gasteiger partial charge on any atom is -0.323 e. The summed E-state index contributed by atoms with van der Waals surface area (Å²) in [6.07, 6.45) is -2.43. The van der Waals surface area contributed by atoms with Crippen LogP contribution in [0.2, 0.25) is 5.02 Å². The van der Waals surface area contributed by atoms with Crippen LogP contribution < -0.4 is 10.6 Å². The monoisotopic (exact) mass is 377 g/mol. The Morgan fingerprint density at radius 1 is 1.44 bits per heavy atom. The van der Waals surface area contributed by atoms with E-state index in [1.165, 1.54) is 4.90 Å². The van der Waals surface area contributed by atoms with Crippen molar-refractivity contribution in [2.24, 2.45) is 0 Å². The van der Waals surface area contributed by atoms with Crippen LogP contribution in [-0.4, -0.2) is 36.0 Å². The number of halogens is 4. The third kappa shape index (κ3) is 5.34. The van der Waals surface area contributed by atoms with Crippen molar-refractivity contribution in [2.45, 2.75) is 38.4 Å². The van der Waals surface area contributed by atoms with Gasteiger partial charge in [-0.05, 0) is 24.6 Å². The maximum atomic E-state index is 12.7. The summed E-state index contributed by atoms with van der Waals surface area (Å²) < 4.78 is 38.2. The van der Waals surface area contributed by atoms with Gasteiger partial charge >= 0.3 is 6.18 Å². The molecule has 1 unspecified atom stereocenters. The fourth-order valence-corrected chi connectivity index (χ4v) is 2.76. The molecule has 1 saturated heterocycles. The number of carbonyl (C=O) groups is 2. The zero-order chi connectivity index (χ0) is 18.6. The molecule has 1 fully saturated rings. The Morgan fingerprint density at radius 2 is 2.16 bits per heavy atom. The Kier molecular flexibility index (Phi) is 6.29. The van der Waals surface area contributed by atoms with E-state index in [2.05, 4.69) is 10.6 Å². The molecule has 1 aromatic rings. The van der Waals surface area contributed by atoms with E-state index in [1.807, 2.05) is 6.92 Å². The summed E-state index contributed by atoms with van der Waals surface area (Å²) in [5.41, 5.74) is -1.05. The highest BCUT2D eigenvalue weighted by atomic mass is 35.5. The van der Waals surface area contributed by atoms with Crippen LogP contribution in [0.3, 0.4) is 0 Å². The van der Waals surface area contributed by atoms with E-state index >= 15 is 0 Å².